The predicted octanol–water partition coefficient (Wildman–Crippen LogP) is 3.26. The van der Waals surface area contributed by atoms with Crippen molar-refractivity contribution in [1.82, 2.24) is 0 Å². The molecule has 112 valence electrons. The number of aliphatic hydroxyl groups excluding tert-OH is 2. The standard InChI is InChI=1S/C17H25ClO2/c1-3-5-6-7-10-13-16(18)17(20)14-11-8-9-12-15(19)4-2/h4,15-17,19-20H,2-3,5-7,10,13-14H2,1H3. The molecule has 3 heteroatoms. The molecule has 0 spiro atoms. The summed E-state index contributed by atoms with van der Waals surface area (Å²) in [5.74, 6) is 10.3. The second-order valence-electron chi connectivity index (χ2n) is 4.74. The summed E-state index contributed by atoms with van der Waals surface area (Å²) in [4.78, 5) is 0. The molecule has 3 atom stereocenters. The maximum absolute atomic E-state index is 9.83. The van der Waals surface area contributed by atoms with Gasteiger partial charge < -0.3 is 10.2 Å². The van der Waals surface area contributed by atoms with Crippen molar-refractivity contribution in [3.63, 3.8) is 0 Å². The van der Waals surface area contributed by atoms with Crippen LogP contribution in [0.25, 0.3) is 0 Å². The van der Waals surface area contributed by atoms with Gasteiger partial charge in [0.25, 0.3) is 0 Å². The minimum Gasteiger partial charge on any atom is -0.391 e. The Hall–Kier alpha value is -0.930. The molecular formula is C17H25ClO2. The van der Waals surface area contributed by atoms with E-state index in [1.165, 1.54) is 31.8 Å². The molecule has 0 saturated heterocycles. The maximum atomic E-state index is 9.83. The van der Waals surface area contributed by atoms with Crippen LogP contribution in [-0.4, -0.2) is 27.8 Å². The van der Waals surface area contributed by atoms with Crippen LogP contribution in [0.3, 0.4) is 0 Å². The van der Waals surface area contributed by atoms with Crippen molar-refractivity contribution in [2.24, 2.45) is 0 Å². The highest BCUT2D eigenvalue weighted by molar-refractivity contribution is 6.21. The van der Waals surface area contributed by atoms with Gasteiger partial charge in [0.2, 0.25) is 0 Å². The van der Waals surface area contributed by atoms with Crippen LogP contribution in [-0.2, 0) is 0 Å². The molecule has 0 rings (SSSR count). The number of aliphatic hydroxyl groups is 2. The van der Waals surface area contributed by atoms with Gasteiger partial charge in [-0.3, -0.25) is 0 Å². The summed E-state index contributed by atoms with van der Waals surface area (Å²) in [6, 6.07) is 0. The third-order valence-electron chi connectivity index (χ3n) is 2.91. The van der Waals surface area contributed by atoms with Gasteiger partial charge in [-0.05, 0) is 18.3 Å². The topological polar surface area (TPSA) is 40.5 Å². The zero-order chi connectivity index (χ0) is 15.2. The molecule has 2 nitrogen and oxygen atoms in total. The summed E-state index contributed by atoms with van der Waals surface area (Å²) >= 11 is 6.12. The molecule has 0 aliphatic rings. The summed E-state index contributed by atoms with van der Waals surface area (Å²) in [5, 5.41) is 18.7. The summed E-state index contributed by atoms with van der Waals surface area (Å²) in [6.07, 6.45) is 6.91. The van der Waals surface area contributed by atoms with Gasteiger partial charge in [0.1, 0.15) is 6.10 Å². The molecule has 0 heterocycles. The Morgan fingerprint density at radius 2 is 1.85 bits per heavy atom. The van der Waals surface area contributed by atoms with Crippen molar-refractivity contribution >= 4 is 11.6 Å². The van der Waals surface area contributed by atoms with E-state index in [2.05, 4.69) is 37.2 Å². The Morgan fingerprint density at radius 3 is 2.50 bits per heavy atom. The Bertz CT molecular complexity index is 370. The van der Waals surface area contributed by atoms with Crippen molar-refractivity contribution in [2.45, 2.75) is 69.5 Å². The first-order valence-electron chi connectivity index (χ1n) is 7.23. The quantitative estimate of drug-likeness (QED) is 0.297. The third-order valence-corrected chi connectivity index (χ3v) is 3.42. The van der Waals surface area contributed by atoms with Gasteiger partial charge in [0.05, 0.1) is 11.5 Å². The molecule has 0 saturated carbocycles. The van der Waals surface area contributed by atoms with Crippen LogP contribution < -0.4 is 0 Å². The normalized spacial score (nSPS) is 14.2. The number of hydrogen-bond acceptors (Lipinski definition) is 2. The maximum Gasteiger partial charge on any atom is 0.134 e. The minimum absolute atomic E-state index is 0.252. The molecule has 3 unspecified atom stereocenters. The molecule has 0 aromatic carbocycles. The third kappa shape index (κ3) is 10.9. The van der Waals surface area contributed by atoms with E-state index in [1.807, 2.05) is 0 Å². The van der Waals surface area contributed by atoms with Crippen LogP contribution in [0, 0.1) is 23.7 Å². The van der Waals surface area contributed by atoms with E-state index in [0.717, 1.165) is 12.8 Å². The van der Waals surface area contributed by atoms with Gasteiger partial charge in [-0.1, -0.05) is 63.5 Å². The van der Waals surface area contributed by atoms with Gasteiger partial charge in [0.15, 0.2) is 0 Å². The number of halogens is 1. The number of alkyl halides is 1. The monoisotopic (exact) mass is 296 g/mol. The lowest BCUT2D eigenvalue weighted by Gasteiger charge is -2.14. The van der Waals surface area contributed by atoms with Crippen molar-refractivity contribution < 1.29 is 10.2 Å². The van der Waals surface area contributed by atoms with Crippen LogP contribution in [0.4, 0.5) is 0 Å². The summed E-state index contributed by atoms with van der Waals surface area (Å²) in [5.41, 5.74) is 0. The lowest BCUT2D eigenvalue weighted by molar-refractivity contribution is 0.170. The molecule has 20 heavy (non-hydrogen) atoms. The van der Waals surface area contributed by atoms with Crippen molar-refractivity contribution in [2.75, 3.05) is 0 Å². The first kappa shape index (κ1) is 19.1. The van der Waals surface area contributed by atoms with Crippen LogP contribution in [0.2, 0.25) is 0 Å². The highest BCUT2D eigenvalue weighted by atomic mass is 35.5. The first-order chi connectivity index (χ1) is 9.61. The highest BCUT2D eigenvalue weighted by Gasteiger charge is 2.14. The molecule has 0 aromatic heterocycles. The van der Waals surface area contributed by atoms with E-state index < -0.39 is 12.2 Å². The van der Waals surface area contributed by atoms with Gasteiger partial charge in [-0.2, -0.15) is 0 Å². The van der Waals surface area contributed by atoms with E-state index >= 15 is 0 Å². The summed E-state index contributed by atoms with van der Waals surface area (Å²) < 4.78 is 0. The second-order valence-corrected chi connectivity index (χ2v) is 5.30. The van der Waals surface area contributed by atoms with Crippen LogP contribution in [0.15, 0.2) is 12.7 Å². The first-order valence-corrected chi connectivity index (χ1v) is 7.66. The molecule has 0 bridgehead atoms. The summed E-state index contributed by atoms with van der Waals surface area (Å²) in [6.45, 7) is 5.58. The second kappa shape index (κ2) is 13.1. The van der Waals surface area contributed by atoms with E-state index in [1.54, 1.807) is 0 Å². The minimum atomic E-state index is -0.849. The molecule has 2 N–H and O–H groups in total. The van der Waals surface area contributed by atoms with Crippen molar-refractivity contribution in [3.8, 4) is 23.7 Å². The van der Waals surface area contributed by atoms with Gasteiger partial charge >= 0.3 is 0 Å². The molecule has 0 amide bonds. The Morgan fingerprint density at radius 1 is 1.15 bits per heavy atom. The molecule has 0 radical (unpaired) electrons. The fourth-order valence-electron chi connectivity index (χ4n) is 1.63. The zero-order valence-corrected chi connectivity index (χ0v) is 13.0. The molecule has 0 aliphatic carbocycles. The summed E-state index contributed by atoms with van der Waals surface area (Å²) in [7, 11) is 0. The number of hydrogen-bond donors (Lipinski definition) is 2. The highest BCUT2D eigenvalue weighted by Crippen LogP contribution is 2.15. The molecule has 0 aromatic rings. The average Bonchev–Trinajstić information content (AvgIpc) is 2.45. The van der Waals surface area contributed by atoms with Crippen LogP contribution in [0.1, 0.15) is 51.9 Å². The SMILES string of the molecule is C=CC(O)C#CC#CCC(O)C(Cl)CCCCCCC. The van der Waals surface area contributed by atoms with Crippen molar-refractivity contribution in [1.29, 1.82) is 0 Å². The zero-order valence-electron chi connectivity index (χ0n) is 12.2. The number of unbranched alkanes of at least 4 members (excludes halogenated alkanes) is 4. The van der Waals surface area contributed by atoms with Gasteiger partial charge in [-0.15, -0.1) is 11.6 Å². The van der Waals surface area contributed by atoms with E-state index in [-0.39, 0.29) is 5.38 Å². The largest absolute Gasteiger partial charge is 0.391 e. The van der Waals surface area contributed by atoms with Crippen LogP contribution in [0.5, 0.6) is 0 Å². The molecular weight excluding hydrogens is 272 g/mol. The van der Waals surface area contributed by atoms with E-state index in [0.29, 0.717) is 6.42 Å². The van der Waals surface area contributed by atoms with Crippen molar-refractivity contribution in [3.05, 3.63) is 12.7 Å². The molecule has 0 aliphatic heterocycles. The lowest BCUT2D eigenvalue weighted by atomic mass is 10.1. The Labute approximate surface area is 128 Å². The van der Waals surface area contributed by atoms with Gasteiger partial charge in [-0.25, -0.2) is 0 Å². The van der Waals surface area contributed by atoms with Crippen LogP contribution >= 0.6 is 11.6 Å². The van der Waals surface area contributed by atoms with E-state index in [4.69, 9.17) is 16.7 Å². The molecule has 0 fully saturated rings. The predicted molar refractivity (Wildman–Crippen MR) is 85.4 cm³/mol. The van der Waals surface area contributed by atoms with Gasteiger partial charge in [0, 0.05) is 6.42 Å². The lowest BCUT2D eigenvalue weighted by Crippen LogP contribution is -2.20. The fraction of sp³-hybridized carbons (Fsp3) is 0.647. The Kier molecular flexibility index (Phi) is 12.5. The Balaban J connectivity index is 3.84. The number of rotatable bonds is 9. The fourth-order valence-corrected chi connectivity index (χ4v) is 1.88. The van der Waals surface area contributed by atoms with E-state index in [9.17, 15) is 5.11 Å². The smallest absolute Gasteiger partial charge is 0.134 e. The average molecular weight is 297 g/mol.